The first-order chi connectivity index (χ1) is 49.1. The van der Waals surface area contributed by atoms with E-state index < -0.39 is 67.0 Å². The van der Waals surface area contributed by atoms with Gasteiger partial charge in [-0.15, -0.1) is 0 Å². The molecule has 4 aromatic carbocycles. The van der Waals surface area contributed by atoms with Crippen LogP contribution >= 0.6 is 0 Å². The van der Waals surface area contributed by atoms with Crippen LogP contribution in [-0.2, 0) is 52.2 Å². The summed E-state index contributed by atoms with van der Waals surface area (Å²) in [5, 5.41) is 2.96. The number of hydrogen-bond acceptors (Lipinski definition) is 16. The summed E-state index contributed by atoms with van der Waals surface area (Å²) in [6.45, 7) is 6.10. The van der Waals surface area contributed by atoms with Crippen molar-refractivity contribution in [3.63, 3.8) is 0 Å². The lowest BCUT2D eigenvalue weighted by atomic mass is 9.97. The van der Waals surface area contributed by atoms with Crippen LogP contribution in [0.2, 0.25) is 0 Å². The normalized spacial score (nSPS) is 18.3. The van der Waals surface area contributed by atoms with Crippen LogP contribution in [0.3, 0.4) is 0 Å². The zero-order valence-electron chi connectivity index (χ0n) is 60.2. The summed E-state index contributed by atoms with van der Waals surface area (Å²) in [5.74, 6) is -3.84. The van der Waals surface area contributed by atoms with E-state index in [1.54, 1.807) is 121 Å². The molecule has 6 atom stereocenters. The third-order valence-corrected chi connectivity index (χ3v) is 17.5. The molecule has 0 spiro atoms. The highest BCUT2D eigenvalue weighted by Crippen LogP contribution is 2.36. The predicted molar refractivity (Wildman–Crippen MR) is 392 cm³/mol. The van der Waals surface area contributed by atoms with Gasteiger partial charge in [0.25, 0.3) is 0 Å². The van der Waals surface area contributed by atoms with Crippen LogP contribution in [0.4, 0.5) is 0 Å². The maximum atomic E-state index is 14.0. The second-order valence-corrected chi connectivity index (χ2v) is 26.0. The van der Waals surface area contributed by atoms with E-state index in [1.807, 2.05) is 11.9 Å². The summed E-state index contributed by atoms with van der Waals surface area (Å²) in [7, 11) is 1.94. The van der Waals surface area contributed by atoms with Crippen molar-refractivity contribution >= 4 is 29.8 Å². The first-order valence-electron chi connectivity index (χ1n) is 37.4. The first kappa shape index (κ1) is 81.9. The fraction of sp³-hybridized carbons (Fsp3) is 0.554. The quantitative estimate of drug-likeness (QED) is 0.0190. The van der Waals surface area contributed by atoms with Gasteiger partial charge < -0.3 is 52.7 Å². The van der Waals surface area contributed by atoms with Crippen LogP contribution in [0.15, 0.2) is 170 Å². The molecule has 2 heterocycles. The van der Waals surface area contributed by atoms with Crippen molar-refractivity contribution in [1.29, 1.82) is 0 Å². The third kappa shape index (κ3) is 33.6. The minimum atomic E-state index is -1.57. The number of nitrogens with one attached hydrogen (secondary N) is 1. The van der Waals surface area contributed by atoms with E-state index in [-0.39, 0.29) is 73.8 Å². The molecule has 2 aliphatic heterocycles. The molecule has 2 saturated heterocycles. The van der Waals surface area contributed by atoms with E-state index in [0.717, 1.165) is 51.4 Å². The highest BCUT2D eigenvalue weighted by molar-refractivity contribution is 5.91. The summed E-state index contributed by atoms with van der Waals surface area (Å²) in [6.07, 6.45) is 41.7. The van der Waals surface area contributed by atoms with Crippen molar-refractivity contribution < 1.29 is 71.3 Å². The van der Waals surface area contributed by atoms with E-state index in [9.17, 15) is 24.0 Å². The number of nitrogens with zero attached hydrogens (tertiary/aromatic N) is 1. The number of carbonyl (C=O) groups is 5. The van der Waals surface area contributed by atoms with Gasteiger partial charge in [0.2, 0.25) is 5.91 Å². The molecule has 100 heavy (non-hydrogen) atoms. The molecular weight excluding hydrogens is 1260 g/mol. The summed E-state index contributed by atoms with van der Waals surface area (Å²) >= 11 is 0. The zero-order chi connectivity index (χ0) is 70.8. The topological polar surface area (TPSA) is 193 Å². The molecule has 548 valence electrons. The Balaban J connectivity index is 0.938. The van der Waals surface area contributed by atoms with Crippen molar-refractivity contribution in [2.24, 2.45) is 0 Å². The Morgan fingerprint density at radius 3 is 1.37 bits per heavy atom. The van der Waals surface area contributed by atoms with Crippen molar-refractivity contribution in [2.45, 2.75) is 223 Å². The molecule has 17 nitrogen and oxygen atoms in total. The Hall–Kier alpha value is -7.09. The van der Waals surface area contributed by atoms with Gasteiger partial charge in [-0.3, -0.25) is 9.69 Å². The average Bonchev–Trinajstić information content (AvgIpc) is 0.990. The molecular formula is C83H116N2O15. The fourth-order valence-electron chi connectivity index (χ4n) is 12.0. The zero-order valence-corrected chi connectivity index (χ0v) is 60.2. The second-order valence-electron chi connectivity index (χ2n) is 26.0. The van der Waals surface area contributed by atoms with E-state index >= 15 is 0 Å². The van der Waals surface area contributed by atoms with Gasteiger partial charge in [-0.25, -0.2) is 19.2 Å². The number of allylic oxidation sites excluding steroid dienone is 8. The number of amides is 1. The van der Waals surface area contributed by atoms with Gasteiger partial charge in [0.05, 0.1) is 74.5 Å². The van der Waals surface area contributed by atoms with Crippen LogP contribution < -0.4 is 5.32 Å². The number of hydrogen-bond donors (Lipinski definition) is 1. The van der Waals surface area contributed by atoms with Gasteiger partial charge in [-0.2, -0.15) is 0 Å². The molecule has 17 heteroatoms. The minimum absolute atomic E-state index is 0.0180. The largest absolute Gasteiger partial charge is 0.459 e. The monoisotopic (exact) mass is 1380 g/mol. The van der Waals surface area contributed by atoms with E-state index in [0.29, 0.717) is 19.7 Å². The standard InChI is InChI=1S/C83H116N2O15/c1-4-6-8-10-12-14-16-18-20-22-24-26-28-30-32-46-56-83(57-47-33-31-29-27-25-23-21-19-17-15-13-11-9-7-5-2)95-66-72(100-83)64-85(3)65-74(86)84-58-59-91-60-61-92-62-63-93-82-77(99-81(90)71-54-44-37-45-55-71)76(98-80(89)70-52-42-36-43-53-70)75(97-79(88)69-50-40-35-41-51-69)73(96-82)67-94-78(87)68-48-38-34-39-49-68/h12-15,18-21,34-45,48-55,72-73,75-77,82H,4-11,16-17,22-33,46-47,56-67H2,1-3H3,(H,84,86)/b14-12-,15-13-,20-18-,21-19-/t72-,73?,75+,76?,77+,82+/m0/s1. The Morgan fingerprint density at radius 2 is 0.890 bits per heavy atom. The van der Waals surface area contributed by atoms with Crippen molar-refractivity contribution in [1.82, 2.24) is 10.2 Å². The summed E-state index contributed by atoms with van der Waals surface area (Å²) in [6, 6.07) is 32.8. The van der Waals surface area contributed by atoms with E-state index in [2.05, 4.69) is 67.8 Å². The lowest BCUT2D eigenvalue weighted by Crippen LogP contribution is -2.63. The molecule has 6 rings (SSSR count). The average molecular weight is 1380 g/mol. The Bertz CT molecular complexity index is 2910. The highest BCUT2D eigenvalue weighted by atomic mass is 16.8. The second kappa shape index (κ2) is 51.1. The van der Waals surface area contributed by atoms with Gasteiger partial charge in [0.15, 0.2) is 30.4 Å². The van der Waals surface area contributed by atoms with Gasteiger partial charge >= 0.3 is 23.9 Å². The number of carbonyl (C=O) groups excluding carboxylic acids is 5. The van der Waals surface area contributed by atoms with Gasteiger partial charge in [-0.1, -0.05) is 212 Å². The molecule has 2 fully saturated rings. The summed E-state index contributed by atoms with van der Waals surface area (Å²) in [4.78, 5) is 70.4. The molecule has 0 radical (unpaired) electrons. The van der Waals surface area contributed by atoms with Crippen molar-refractivity contribution in [2.75, 3.05) is 72.9 Å². The van der Waals surface area contributed by atoms with E-state index in [4.69, 9.17) is 47.4 Å². The number of ether oxygens (including phenoxy) is 10. The molecule has 1 amide bonds. The Morgan fingerprint density at radius 1 is 0.480 bits per heavy atom. The van der Waals surface area contributed by atoms with Gasteiger partial charge in [0, 0.05) is 25.9 Å². The maximum Gasteiger partial charge on any atom is 0.338 e. The molecule has 0 bridgehead atoms. The van der Waals surface area contributed by atoms with Gasteiger partial charge in [0.1, 0.15) is 12.7 Å². The molecule has 2 unspecified atom stereocenters. The van der Waals surface area contributed by atoms with Crippen LogP contribution in [0.5, 0.6) is 0 Å². The SMILES string of the molecule is CCCCC/C=C\C/C=C\CCCCCCCCC1(CCCCCCCC/C=C\C/C=C\CCCCC)OC[C@H](CN(C)CC(=O)NCCOCCOCCO[C@@H]2OC(COC(=O)c3ccccc3)[C@@H](OC(=O)c3ccccc3)C(OC(=O)c3ccccc3)[C@H]2OC(=O)c2ccccc2)O1. The van der Waals surface area contributed by atoms with Crippen molar-refractivity contribution in [3.05, 3.63) is 192 Å². The minimum Gasteiger partial charge on any atom is -0.459 e. The fourth-order valence-corrected chi connectivity index (χ4v) is 12.0. The number of esters is 4. The molecule has 1 N–H and O–H groups in total. The number of unbranched alkanes of at least 4 members (excludes halogenated alkanes) is 18. The third-order valence-electron chi connectivity index (χ3n) is 17.5. The van der Waals surface area contributed by atoms with Crippen molar-refractivity contribution in [3.8, 4) is 0 Å². The first-order valence-corrected chi connectivity index (χ1v) is 37.4. The molecule has 0 aromatic heterocycles. The summed E-state index contributed by atoms with van der Waals surface area (Å²) in [5.41, 5.74) is 0.761. The molecule has 0 aliphatic carbocycles. The van der Waals surface area contributed by atoms with Crippen LogP contribution in [0, 0.1) is 0 Å². The Labute approximate surface area is 597 Å². The van der Waals surface area contributed by atoms with Gasteiger partial charge in [-0.05, 0) is 133 Å². The predicted octanol–water partition coefficient (Wildman–Crippen LogP) is 16.9. The summed E-state index contributed by atoms with van der Waals surface area (Å²) < 4.78 is 62.0. The lowest BCUT2D eigenvalue weighted by Gasteiger charge is -2.44. The molecule has 0 saturated carbocycles. The van der Waals surface area contributed by atoms with Crippen LogP contribution in [0.25, 0.3) is 0 Å². The maximum absolute atomic E-state index is 14.0. The Kier molecular flexibility index (Phi) is 41.8. The highest BCUT2D eigenvalue weighted by Gasteiger charge is 2.54. The van der Waals surface area contributed by atoms with Crippen LogP contribution in [0.1, 0.15) is 222 Å². The van der Waals surface area contributed by atoms with E-state index in [1.165, 1.54) is 116 Å². The molecule has 2 aliphatic rings. The molecule has 4 aromatic rings. The smallest absolute Gasteiger partial charge is 0.338 e. The number of likely N-dealkylation sites (N-methyl/N-ethyl adjacent to an activating group) is 1. The van der Waals surface area contributed by atoms with Crippen LogP contribution in [-0.4, -0.2) is 150 Å². The number of benzene rings is 4. The lowest BCUT2D eigenvalue weighted by molar-refractivity contribution is -0.300. The number of rotatable bonds is 53.